The minimum Gasteiger partial charge on any atom is -0.496 e. The summed E-state index contributed by atoms with van der Waals surface area (Å²) in [6.45, 7) is 1.56. The molecule has 138 valence electrons. The zero-order valence-corrected chi connectivity index (χ0v) is 15.9. The summed E-state index contributed by atoms with van der Waals surface area (Å²) >= 11 is 7.61. The Morgan fingerprint density at radius 2 is 2.15 bits per heavy atom. The second kappa shape index (κ2) is 6.70. The average molecular weight is 394 g/mol. The molecule has 3 heterocycles. The summed E-state index contributed by atoms with van der Waals surface area (Å²) in [6, 6.07) is 5.52. The number of rotatable bonds is 4. The van der Waals surface area contributed by atoms with Crippen LogP contribution in [0.3, 0.4) is 0 Å². The molecule has 0 atom stereocenters. The number of imidazole rings is 1. The Morgan fingerprint density at radius 3 is 2.85 bits per heavy atom. The van der Waals surface area contributed by atoms with E-state index >= 15 is 0 Å². The fraction of sp³-hybridized carbons (Fsp3) is 0.412. The maximum atomic E-state index is 9.43. The molecular weight excluding hydrogens is 374 g/mol. The molecule has 3 N–H and O–H groups in total. The number of ether oxygens (including phenoxy) is 1. The highest BCUT2D eigenvalue weighted by Crippen LogP contribution is 2.35. The number of piperidine rings is 1. The van der Waals surface area contributed by atoms with Gasteiger partial charge in [-0.25, -0.2) is 9.50 Å². The summed E-state index contributed by atoms with van der Waals surface area (Å²) in [6.07, 6.45) is 3.27. The lowest BCUT2D eigenvalue weighted by Crippen LogP contribution is -2.52. The van der Waals surface area contributed by atoms with Crippen molar-refractivity contribution in [3.63, 3.8) is 0 Å². The Kier molecular flexibility index (Phi) is 4.52. The third-order valence-electron chi connectivity index (χ3n) is 4.86. The average Bonchev–Trinajstić information content (AvgIpc) is 3.23. The van der Waals surface area contributed by atoms with Crippen LogP contribution in [-0.4, -0.2) is 52.0 Å². The van der Waals surface area contributed by atoms with Crippen molar-refractivity contribution in [1.82, 2.24) is 14.6 Å². The normalized spacial score (nSPS) is 17.0. The molecule has 1 fully saturated rings. The second-order valence-corrected chi connectivity index (χ2v) is 7.95. The largest absolute Gasteiger partial charge is 0.496 e. The number of nitrogens with zero attached hydrogens (tertiary/aromatic N) is 4. The predicted molar refractivity (Wildman–Crippen MR) is 103 cm³/mol. The van der Waals surface area contributed by atoms with Crippen LogP contribution < -0.4 is 15.4 Å². The number of anilines is 1. The molecule has 3 aromatic rings. The van der Waals surface area contributed by atoms with E-state index in [0.29, 0.717) is 10.8 Å². The number of hydrogen-bond acceptors (Lipinski definition) is 7. The molecule has 2 aromatic heterocycles. The summed E-state index contributed by atoms with van der Waals surface area (Å²) in [7, 11) is 1.62. The maximum absolute atomic E-state index is 9.43. The van der Waals surface area contributed by atoms with Crippen LogP contribution in [0.15, 0.2) is 24.4 Å². The molecule has 26 heavy (non-hydrogen) atoms. The minimum atomic E-state index is -0.476. The van der Waals surface area contributed by atoms with Crippen molar-refractivity contribution in [3.8, 4) is 17.0 Å². The van der Waals surface area contributed by atoms with Crippen LogP contribution in [0.25, 0.3) is 16.2 Å². The van der Waals surface area contributed by atoms with Crippen LogP contribution >= 0.6 is 22.9 Å². The van der Waals surface area contributed by atoms with E-state index in [1.165, 1.54) is 0 Å². The SMILES string of the molecule is COc1cc(Cl)ccc1-c1cnc2sc(N3CCC(N)(CO)CC3)nn12. The Balaban J connectivity index is 1.66. The topological polar surface area (TPSA) is 88.9 Å². The third kappa shape index (κ3) is 3.03. The van der Waals surface area contributed by atoms with Crippen molar-refractivity contribution in [2.24, 2.45) is 5.73 Å². The first-order valence-electron chi connectivity index (χ1n) is 8.36. The van der Waals surface area contributed by atoms with Crippen LogP contribution in [0.1, 0.15) is 12.8 Å². The third-order valence-corrected chi connectivity index (χ3v) is 6.08. The fourth-order valence-electron chi connectivity index (χ4n) is 3.17. The van der Waals surface area contributed by atoms with Crippen LogP contribution in [-0.2, 0) is 0 Å². The molecule has 0 aliphatic carbocycles. The summed E-state index contributed by atoms with van der Waals surface area (Å²) < 4.78 is 7.29. The number of methoxy groups -OCH3 is 1. The Bertz CT molecular complexity index is 933. The van der Waals surface area contributed by atoms with E-state index in [1.807, 2.05) is 16.6 Å². The van der Waals surface area contributed by atoms with Crippen molar-refractivity contribution in [3.05, 3.63) is 29.4 Å². The van der Waals surface area contributed by atoms with Gasteiger partial charge in [0.05, 0.1) is 25.6 Å². The molecule has 7 nitrogen and oxygen atoms in total. The van der Waals surface area contributed by atoms with Gasteiger partial charge in [-0.3, -0.25) is 0 Å². The lowest BCUT2D eigenvalue weighted by molar-refractivity contribution is 0.170. The highest BCUT2D eigenvalue weighted by Gasteiger charge is 2.31. The van der Waals surface area contributed by atoms with E-state index < -0.39 is 5.54 Å². The van der Waals surface area contributed by atoms with Gasteiger partial charge >= 0.3 is 0 Å². The number of benzene rings is 1. The molecule has 9 heteroatoms. The van der Waals surface area contributed by atoms with Gasteiger partial charge in [0.1, 0.15) is 5.75 Å². The van der Waals surface area contributed by atoms with Crippen LogP contribution in [0.2, 0.25) is 5.02 Å². The van der Waals surface area contributed by atoms with E-state index in [1.54, 1.807) is 30.7 Å². The summed E-state index contributed by atoms with van der Waals surface area (Å²) in [5.74, 6) is 0.683. The molecule has 1 aliphatic heterocycles. The maximum Gasteiger partial charge on any atom is 0.214 e. The molecule has 0 bridgehead atoms. The van der Waals surface area contributed by atoms with Crippen LogP contribution in [0.5, 0.6) is 5.75 Å². The number of nitrogens with two attached hydrogens (primary N) is 1. The highest BCUT2D eigenvalue weighted by atomic mass is 35.5. The van der Waals surface area contributed by atoms with E-state index in [2.05, 4.69) is 9.88 Å². The molecule has 0 saturated carbocycles. The second-order valence-electron chi connectivity index (χ2n) is 6.57. The van der Waals surface area contributed by atoms with Gasteiger partial charge in [0, 0.05) is 29.2 Å². The lowest BCUT2D eigenvalue weighted by atomic mass is 9.90. The van der Waals surface area contributed by atoms with Crippen molar-refractivity contribution in [2.75, 3.05) is 31.7 Å². The smallest absolute Gasteiger partial charge is 0.214 e. The van der Waals surface area contributed by atoms with Crippen molar-refractivity contribution >= 4 is 33.0 Å². The van der Waals surface area contributed by atoms with Gasteiger partial charge in [0.15, 0.2) is 0 Å². The number of halogens is 1. The van der Waals surface area contributed by atoms with Crippen molar-refractivity contribution in [1.29, 1.82) is 0 Å². The van der Waals surface area contributed by atoms with Gasteiger partial charge in [-0.15, -0.1) is 5.10 Å². The first kappa shape index (κ1) is 17.5. The summed E-state index contributed by atoms with van der Waals surface area (Å²) in [5, 5.41) is 15.7. The monoisotopic (exact) mass is 393 g/mol. The van der Waals surface area contributed by atoms with Crippen molar-refractivity contribution < 1.29 is 9.84 Å². The molecule has 0 spiro atoms. The van der Waals surface area contributed by atoms with Gasteiger partial charge in [-0.1, -0.05) is 22.9 Å². The Morgan fingerprint density at radius 1 is 1.38 bits per heavy atom. The molecule has 1 saturated heterocycles. The molecular formula is C17H20ClN5O2S. The van der Waals surface area contributed by atoms with Gasteiger partial charge in [0.25, 0.3) is 0 Å². The minimum absolute atomic E-state index is 0.0164. The van der Waals surface area contributed by atoms with E-state index in [-0.39, 0.29) is 6.61 Å². The Labute approximate surface area is 160 Å². The number of aliphatic hydroxyl groups is 1. The Hall–Kier alpha value is -1.87. The van der Waals surface area contributed by atoms with Crippen LogP contribution in [0.4, 0.5) is 5.13 Å². The standard InChI is InChI=1S/C17H20ClN5O2S/c1-25-14-8-11(18)2-3-12(14)13-9-20-15-23(13)21-16(26-15)22-6-4-17(19,10-24)5-7-22/h2-3,8-9,24H,4-7,10,19H2,1H3. The number of aliphatic hydroxyl groups excluding tert-OH is 1. The van der Waals surface area contributed by atoms with Crippen LogP contribution in [0, 0.1) is 0 Å². The molecule has 0 amide bonds. The summed E-state index contributed by atoms with van der Waals surface area (Å²) in [5.41, 5.74) is 7.43. The summed E-state index contributed by atoms with van der Waals surface area (Å²) in [4.78, 5) is 7.51. The number of hydrogen-bond donors (Lipinski definition) is 2. The number of aromatic nitrogens is 3. The predicted octanol–water partition coefficient (Wildman–Crippen LogP) is 2.41. The van der Waals surface area contributed by atoms with Gasteiger partial charge in [0.2, 0.25) is 10.1 Å². The van der Waals surface area contributed by atoms with Gasteiger partial charge in [-0.05, 0) is 31.0 Å². The highest BCUT2D eigenvalue weighted by molar-refractivity contribution is 7.20. The fourth-order valence-corrected chi connectivity index (χ4v) is 4.26. The molecule has 1 aliphatic rings. The van der Waals surface area contributed by atoms with Gasteiger partial charge < -0.3 is 20.5 Å². The van der Waals surface area contributed by atoms with Crippen molar-refractivity contribution in [2.45, 2.75) is 18.4 Å². The quantitative estimate of drug-likeness (QED) is 0.707. The first-order valence-corrected chi connectivity index (χ1v) is 9.56. The van der Waals surface area contributed by atoms with E-state index in [9.17, 15) is 5.11 Å². The molecule has 1 aromatic carbocycles. The van der Waals surface area contributed by atoms with E-state index in [4.69, 9.17) is 27.2 Å². The first-order chi connectivity index (χ1) is 12.5. The molecule has 0 unspecified atom stereocenters. The zero-order chi connectivity index (χ0) is 18.3. The van der Waals surface area contributed by atoms with E-state index in [0.717, 1.165) is 47.3 Å². The zero-order valence-electron chi connectivity index (χ0n) is 14.4. The lowest BCUT2D eigenvalue weighted by Gasteiger charge is -2.37. The number of fused-ring (bicyclic) bond motifs is 1. The molecule has 4 rings (SSSR count). The molecule has 0 radical (unpaired) electrons. The van der Waals surface area contributed by atoms with Gasteiger partial charge in [-0.2, -0.15) is 0 Å².